The Balaban J connectivity index is 2.11. The van der Waals surface area contributed by atoms with Crippen molar-refractivity contribution in [3.8, 4) is 5.75 Å². The van der Waals surface area contributed by atoms with Crippen molar-refractivity contribution in [1.82, 2.24) is 0 Å². The van der Waals surface area contributed by atoms with Crippen LogP contribution >= 0.6 is 23.4 Å². The zero-order valence-corrected chi connectivity index (χ0v) is 14.6. The molecule has 3 nitrogen and oxygen atoms in total. The number of hydrogen-bond acceptors (Lipinski definition) is 3. The number of rotatable bonds is 7. The van der Waals surface area contributed by atoms with E-state index in [9.17, 15) is 9.90 Å². The summed E-state index contributed by atoms with van der Waals surface area (Å²) in [6, 6.07) is 14.4. The molecule has 0 saturated carbocycles. The summed E-state index contributed by atoms with van der Waals surface area (Å²) in [4.78, 5) is 12.4. The van der Waals surface area contributed by atoms with Gasteiger partial charge in [0.25, 0.3) is 0 Å². The predicted molar refractivity (Wildman–Crippen MR) is 94.5 cm³/mol. The summed E-state index contributed by atoms with van der Waals surface area (Å²) >= 11 is 7.15. The molecule has 0 amide bonds. The van der Waals surface area contributed by atoms with Crippen molar-refractivity contribution in [1.29, 1.82) is 0 Å². The molecule has 23 heavy (non-hydrogen) atoms. The molecule has 0 aromatic heterocycles. The fourth-order valence-corrected chi connectivity index (χ4v) is 3.03. The van der Waals surface area contributed by atoms with Crippen LogP contribution in [0.5, 0.6) is 5.75 Å². The second-order valence-electron chi connectivity index (χ2n) is 5.20. The van der Waals surface area contributed by atoms with Gasteiger partial charge in [-0.15, -0.1) is 11.8 Å². The average molecular weight is 351 g/mol. The lowest BCUT2D eigenvalue weighted by molar-refractivity contribution is -0.136. The van der Waals surface area contributed by atoms with E-state index >= 15 is 0 Å². The summed E-state index contributed by atoms with van der Waals surface area (Å²) in [6.07, 6.45) is 1.10. The SMILES string of the molecule is CCC(C)Oc1ccc(SC(C(=O)O)c2ccc(Cl)cc2)cc1. The fraction of sp³-hybridized carbons (Fsp3) is 0.278. The summed E-state index contributed by atoms with van der Waals surface area (Å²) in [5.41, 5.74) is 0.715. The summed E-state index contributed by atoms with van der Waals surface area (Å²) in [5, 5.41) is 9.40. The van der Waals surface area contributed by atoms with E-state index in [1.54, 1.807) is 24.3 Å². The molecule has 0 bridgehead atoms. The van der Waals surface area contributed by atoms with Crippen molar-refractivity contribution >= 4 is 29.3 Å². The quantitative estimate of drug-likeness (QED) is 0.676. The number of thioether (sulfide) groups is 1. The molecule has 5 heteroatoms. The van der Waals surface area contributed by atoms with Crippen molar-refractivity contribution in [2.24, 2.45) is 0 Å². The second kappa shape index (κ2) is 8.27. The lowest BCUT2D eigenvalue weighted by atomic mass is 10.1. The Morgan fingerprint density at radius 1 is 1.17 bits per heavy atom. The smallest absolute Gasteiger partial charge is 0.321 e. The van der Waals surface area contributed by atoms with E-state index in [2.05, 4.69) is 6.92 Å². The van der Waals surface area contributed by atoms with Gasteiger partial charge in [-0.25, -0.2) is 0 Å². The maximum atomic E-state index is 11.6. The van der Waals surface area contributed by atoms with Crippen LogP contribution in [0.15, 0.2) is 53.4 Å². The molecule has 0 fully saturated rings. The Morgan fingerprint density at radius 3 is 2.30 bits per heavy atom. The zero-order chi connectivity index (χ0) is 16.8. The first kappa shape index (κ1) is 17.7. The first-order valence-electron chi connectivity index (χ1n) is 7.41. The maximum absolute atomic E-state index is 11.6. The highest BCUT2D eigenvalue weighted by Crippen LogP contribution is 2.36. The van der Waals surface area contributed by atoms with E-state index < -0.39 is 11.2 Å². The fourth-order valence-electron chi connectivity index (χ4n) is 1.95. The van der Waals surface area contributed by atoms with E-state index in [0.29, 0.717) is 10.6 Å². The van der Waals surface area contributed by atoms with Crippen LogP contribution in [0.2, 0.25) is 5.02 Å². The van der Waals surface area contributed by atoms with Crippen LogP contribution in [-0.2, 0) is 4.79 Å². The molecule has 2 rings (SSSR count). The number of benzene rings is 2. The van der Waals surface area contributed by atoms with Gasteiger partial charge in [-0.05, 0) is 55.3 Å². The summed E-state index contributed by atoms with van der Waals surface area (Å²) in [6.45, 7) is 4.09. The third-order valence-corrected chi connectivity index (χ3v) is 4.89. The molecule has 0 radical (unpaired) electrons. The predicted octanol–water partition coefficient (Wildman–Crippen LogP) is 5.44. The molecule has 0 aliphatic carbocycles. The van der Waals surface area contributed by atoms with Crippen molar-refractivity contribution < 1.29 is 14.6 Å². The maximum Gasteiger partial charge on any atom is 0.321 e. The van der Waals surface area contributed by atoms with Crippen molar-refractivity contribution in [3.63, 3.8) is 0 Å². The number of aliphatic carboxylic acids is 1. The number of ether oxygens (including phenoxy) is 1. The number of hydrogen-bond donors (Lipinski definition) is 1. The molecule has 2 aromatic rings. The van der Waals surface area contributed by atoms with Crippen molar-refractivity contribution in [3.05, 3.63) is 59.1 Å². The van der Waals surface area contributed by atoms with Crippen LogP contribution in [0.25, 0.3) is 0 Å². The van der Waals surface area contributed by atoms with Gasteiger partial charge in [-0.2, -0.15) is 0 Å². The number of halogens is 1. The molecule has 0 heterocycles. The number of carboxylic acids is 1. The van der Waals surface area contributed by atoms with Crippen LogP contribution in [0, 0.1) is 0 Å². The largest absolute Gasteiger partial charge is 0.491 e. The summed E-state index contributed by atoms with van der Waals surface area (Å²) in [5.74, 6) is -0.0840. The molecule has 2 atom stereocenters. The monoisotopic (exact) mass is 350 g/mol. The average Bonchev–Trinajstić information content (AvgIpc) is 2.54. The first-order valence-corrected chi connectivity index (χ1v) is 8.67. The summed E-state index contributed by atoms with van der Waals surface area (Å²) < 4.78 is 5.73. The normalized spacial score (nSPS) is 13.3. The lowest BCUT2D eigenvalue weighted by Gasteiger charge is -2.15. The first-order chi connectivity index (χ1) is 11.0. The molecule has 0 aliphatic rings. The third-order valence-electron chi connectivity index (χ3n) is 3.39. The van der Waals surface area contributed by atoms with Gasteiger partial charge in [0.1, 0.15) is 11.0 Å². The molecule has 2 unspecified atom stereocenters. The van der Waals surface area contributed by atoms with Gasteiger partial charge in [0, 0.05) is 9.92 Å². The standard InChI is InChI=1S/C18H19ClO3S/c1-3-12(2)22-15-8-10-16(11-9-15)23-17(18(20)21)13-4-6-14(19)7-5-13/h4-12,17H,3H2,1-2H3,(H,20,21). The molecule has 1 N–H and O–H groups in total. The van der Waals surface area contributed by atoms with Gasteiger partial charge in [0.15, 0.2) is 0 Å². The third kappa shape index (κ3) is 5.19. The van der Waals surface area contributed by atoms with Crippen LogP contribution in [0.4, 0.5) is 0 Å². The van der Waals surface area contributed by atoms with E-state index in [1.807, 2.05) is 31.2 Å². The lowest BCUT2D eigenvalue weighted by Crippen LogP contribution is -2.09. The topological polar surface area (TPSA) is 46.5 Å². The zero-order valence-electron chi connectivity index (χ0n) is 13.0. The minimum absolute atomic E-state index is 0.161. The van der Waals surface area contributed by atoms with Crippen LogP contribution in [0.3, 0.4) is 0 Å². The van der Waals surface area contributed by atoms with E-state index in [-0.39, 0.29) is 6.10 Å². The van der Waals surface area contributed by atoms with Gasteiger partial charge in [0.05, 0.1) is 6.10 Å². The minimum atomic E-state index is -0.878. The molecular weight excluding hydrogens is 332 g/mol. The Labute approximate surface area is 145 Å². The molecule has 0 aliphatic heterocycles. The van der Waals surface area contributed by atoms with Crippen LogP contribution in [-0.4, -0.2) is 17.2 Å². The minimum Gasteiger partial charge on any atom is -0.491 e. The number of carboxylic acid groups (broad SMARTS) is 1. The Morgan fingerprint density at radius 2 is 1.78 bits per heavy atom. The van der Waals surface area contributed by atoms with E-state index in [0.717, 1.165) is 17.1 Å². The Kier molecular flexibility index (Phi) is 6.37. The summed E-state index contributed by atoms with van der Waals surface area (Å²) in [7, 11) is 0. The highest BCUT2D eigenvalue weighted by molar-refractivity contribution is 8.00. The van der Waals surface area contributed by atoms with Gasteiger partial charge >= 0.3 is 5.97 Å². The van der Waals surface area contributed by atoms with Crippen LogP contribution < -0.4 is 4.74 Å². The Bertz CT molecular complexity index is 640. The van der Waals surface area contributed by atoms with Gasteiger partial charge in [-0.1, -0.05) is 30.7 Å². The van der Waals surface area contributed by atoms with Gasteiger partial charge in [-0.3, -0.25) is 4.79 Å². The molecule has 0 saturated heterocycles. The molecule has 122 valence electrons. The van der Waals surface area contributed by atoms with Gasteiger partial charge < -0.3 is 9.84 Å². The number of carbonyl (C=O) groups is 1. The molecule has 0 spiro atoms. The highest BCUT2D eigenvalue weighted by atomic mass is 35.5. The second-order valence-corrected chi connectivity index (χ2v) is 6.81. The van der Waals surface area contributed by atoms with Gasteiger partial charge in [0.2, 0.25) is 0 Å². The van der Waals surface area contributed by atoms with Crippen molar-refractivity contribution in [2.45, 2.75) is 36.5 Å². The van der Waals surface area contributed by atoms with E-state index in [1.165, 1.54) is 11.8 Å². The van der Waals surface area contributed by atoms with Crippen molar-refractivity contribution in [2.75, 3.05) is 0 Å². The van der Waals surface area contributed by atoms with E-state index in [4.69, 9.17) is 16.3 Å². The highest BCUT2D eigenvalue weighted by Gasteiger charge is 2.21. The Hall–Kier alpha value is -1.65. The molecule has 2 aromatic carbocycles. The molecular formula is C18H19ClO3S. The van der Waals surface area contributed by atoms with Crippen LogP contribution in [0.1, 0.15) is 31.1 Å².